The molecular formula is C10H7NO2. The van der Waals surface area contributed by atoms with Crippen molar-refractivity contribution in [2.24, 2.45) is 4.99 Å². The quantitative estimate of drug-likeness (QED) is 0.491. The second-order valence-corrected chi connectivity index (χ2v) is 2.83. The van der Waals surface area contributed by atoms with Crippen LogP contribution >= 0.6 is 0 Å². The molecule has 0 aliphatic heterocycles. The Hall–Kier alpha value is -1.86. The summed E-state index contributed by atoms with van der Waals surface area (Å²) < 4.78 is 5.26. The van der Waals surface area contributed by atoms with E-state index in [1.54, 1.807) is 6.07 Å². The van der Waals surface area contributed by atoms with Crippen LogP contribution in [0.5, 0.6) is 0 Å². The maximum Gasteiger partial charge on any atom is 0.243 e. The second-order valence-electron chi connectivity index (χ2n) is 2.83. The van der Waals surface area contributed by atoms with Gasteiger partial charge in [0, 0.05) is 11.5 Å². The monoisotopic (exact) mass is 173 g/mol. The first-order chi connectivity index (χ1) is 6.29. The van der Waals surface area contributed by atoms with Crippen molar-refractivity contribution in [3.63, 3.8) is 0 Å². The van der Waals surface area contributed by atoms with Crippen LogP contribution in [0.3, 0.4) is 0 Å². The van der Waals surface area contributed by atoms with E-state index >= 15 is 0 Å². The van der Waals surface area contributed by atoms with E-state index in [-0.39, 0.29) is 0 Å². The van der Waals surface area contributed by atoms with Gasteiger partial charge in [-0.05, 0) is 18.6 Å². The highest BCUT2D eigenvalue weighted by Crippen LogP contribution is 2.25. The van der Waals surface area contributed by atoms with Crippen molar-refractivity contribution in [2.45, 2.75) is 6.92 Å². The molecular weight excluding hydrogens is 166 g/mol. The molecule has 1 aromatic carbocycles. The third-order valence-electron chi connectivity index (χ3n) is 1.82. The molecule has 0 fully saturated rings. The van der Waals surface area contributed by atoms with Crippen LogP contribution < -0.4 is 0 Å². The molecule has 13 heavy (non-hydrogen) atoms. The molecule has 64 valence electrons. The van der Waals surface area contributed by atoms with E-state index in [1.807, 2.05) is 25.1 Å². The van der Waals surface area contributed by atoms with Gasteiger partial charge in [0.2, 0.25) is 12.0 Å². The largest absolute Gasteiger partial charge is 0.438 e. The summed E-state index contributed by atoms with van der Waals surface area (Å²) in [7, 11) is 0. The zero-order chi connectivity index (χ0) is 9.26. The van der Waals surface area contributed by atoms with E-state index in [0.29, 0.717) is 5.88 Å². The molecule has 0 saturated carbocycles. The minimum atomic E-state index is 0.301. The molecule has 0 radical (unpaired) electrons. The first-order valence-corrected chi connectivity index (χ1v) is 3.87. The van der Waals surface area contributed by atoms with Gasteiger partial charge >= 0.3 is 0 Å². The number of rotatable bonds is 1. The minimum Gasteiger partial charge on any atom is -0.438 e. The Kier molecular flexibility index (Phi) is 1.72. The molecule has 0 saturated heterocycles. The molecule has 3 nitrogen and oxygen atoms in total. The summed E-state index contributed by atoms with van der Waals surface area (Å²) in [6.07, 6.45) is 1.44. The fourth-order valence-electron chi connectivity index (χ4n) is 1.22. The van der Waals surface area contributed by atoms with Gasteiger partial charge in [0.15, 0.2) is 0 Å². The molecule has 0 unspecified atom stereocenters. The van der Waals surface area contributed by atoms with Crippen molar-refractivity contribution in [1.82, 2.24) is 0 Å². The molecule has 1 heterocycles. The van der Waals surface area contributed by atoms with Crippen LogP contribution in [0.4, 0.5) is 5.88 Å². The number of benzene rings is 1. The van der Waals surface area contributed by atoms with E-state index in [1.165, 1.54) is 6.08 Å². The zero-order valence-corrected chi connectivity index (χ0v) is 7.07. The van der Waals surface area contributed by atoms with Crippen LogP contribution in [-0.4, -0.2) is 6.08 Å². The van der Waals surface area contributed by atoms with Gasteiger partial charge in [0.05, 0.1) is 0 Å². The third kappa shape index (κ3) is 1.37. The summed E-state index contributed by atoms with van der Waals surface area (Å²) in [5.41, 5.74) is 1.86. The van der Waals surface area contributed by atoms with Crippen molar-refractivity contribution >= 4 is 22.9 Å². The minimum absolute atomic E-state index is 0.301. The predicted octanol–water partition coefficient (Wildman–Crippen LogP) is 2.71. The molecule has 0 spiro atoms. The van der Waals surface area contributed by atoms with Gasteiger partial charge < -0.3 is 4.42 Å². The first-order valence-electron chi connectivity index (χ1n) is 3.87. The van der Waals surface area contributed by atoms with Crippen molar-refractivity contribution < 1.29 is 9.21 Å². The molecule has 0 amide bonds. The Bertz CT molecular complexity index is 493. The Morgan fingerprint density at radius 1 is 1.38 bits per heavy atom. The fraction of sp³-hybridized carbons (Fsp3) is 0.100. The number of furan rings is 1. The molecule has 2 aromatic rings. The maximum atomic E-state index is 9.97. The Morgan fingerprint density at radius 2 is 2.23 bits per heavy atom. The first kappa shape index (κ1) is 7.77. The third-order valence-corrected chi connectivity index (χ3v) is 1.82. The van der Waals surface area contributed by atoms with Crippen molar-refractivity contribution in [1.29, 1.82) is 0 Å². The summed E-state index contributed by atoms with van der Waals surface area (Å²) >= 11 is 0. The molecule has 1 aromatic heterocycles. The van der Waals surface area contributed by atoms with E-state index in [4.69, 9.17) is 4.42 Å². The maximum absolute atomic E-state index is 9.97. The van der Waals surface area contributed by atoms with Crippen LogP contribution in [0.1, 0.15) is 5.56 Å². The van der Waals surface area contributed by atoms with Gasteiger partial charge in [0.1, 0.15) is 5.58 Å². The van der Waals surface area contributed by atoms with E-state index in [0.717, 1.165) is 16.5 Å². The lowest BCUT2D eigenvalue weighted by atomic mass is 10.2. The highest BCUT2D eigenvalue weighted by Gasteiger charge is 2.01. The van der Waals surface area contributed by atoms with Crippen molar-refractivity contribution in [3.05, 3.63) is 29.8 Å². The molecule has 0 aliphatic rings. The van der Waals surface area contributed by atoms with Crippen LogP contribution in [0.15, 0.2) is 33.7 Å². The standard InChI is InChI=1S/C10H7NO2/c1-7-2-3-8-5-10(11-6-12)13-9(8)4-7/h2-5H,1H3. The lowest BCUT2D eigenvalue weighted by molar-refractivity contribution is 0.561. The fourth-order valence-corrected chi connectivity index (χ4v) is 1.22. The Morgan fingerprint density at radius 3 is 3.00 bits per heavy atom. The van der Waals surface area contributed by atoms with Crippen LogP contribution in [0.25, 0.3) is 11.0 Å². The van der Waals surface area contributed by atoms with Crippen LogP contribution in [0, 0.1) is 6.92 Å². The van der Waals surface area contributed by atoms with Crippen LogP contribution in [-0.2, 0) is 4.79 Å². The predicted molar refractivity (Wildman–Crippen MR) is 48.7 cm³/mol. The van der Waals surface area contributed by atoms with Crippen LogP contribution in [0.2, 0.25) is 0 Å². The highest BCUT2D eigenvalue weighted by molar-refractivity contribution is 5.81. The summed E-state index contributed by atoms with van der Waals surface area (Å²) in [6, 6.07) is 7.52. The summed E-state index contributed by atoms with van der Waals surface area (Å²) in [5, 5.41) is 0.944. The molecule has 2 rings (SSSR count). The summed E-state index contributed by atoms with van der Waals surface area (Å²) in [4.78, 5) is 13.4. The summed E-state index contributed by atoms with van der Waals surface area (Å²) in [6.45, 7) is 1.98. The van der Waals surface area contributed by atoms with Gasteiger partial charge in [0.25, 0.3) is 0 Å². The highest BCUT2D eigenvalue weighted by atomic mass is 16.3. The molecule has 0 aliphatic carbocycles. The van der Waals surface area contributed by atoms with Crippen molar-refractivity contribution in [2.75, 3.05) is 0 Å². The topological polar surface area (TPSA) is 42.6 Å². The Labute approximate surface area is 74.7 Å². The molecule has 0 atom stereocenters. The zero-order valence-electron chi connectivity index (χ0n) is 7.07. The van der Waals surface area contributed by atoms with Gasteiger partial charge in [-0.15, -0.1) is 4.99 Å². The number of nitrogens with zero attached hydrogens (tertiary/aromatic N) is 1. The number of isocyanates is 1. The SMILES string of the molecule is Cc1ccc2cc(N=C=O)oc2c1. The lowest BCUT2D eigenvalue weighted by Gasteiger charge is -1.88. The van der Waals surface area contributed by atoms with Gasteiger partial charge in [-0.3, -0.25) is 0 Å². The normalized spacial score (nSPS) is 9.92. The number of aryl methyl sites for hydroxylation is 1. The van der Waals surface area contributed by atoms with E-state index < -0.39 is 0 Å². The number of carbonyl (C=O) groups excluding carboxylic acids is 1. The number of fused-ring (bicyclic) bond motifs is 1. The van der Waals surface area contributed by atoms with Crippen molar-refractivity contribution in [3.8, 4) is 0 Å². The molecule has 0 N–H and O–H groups in total. The average molecular weight is 173 g/mol. The number of aliphatic imine (C=N–C) groups is 1. The van der Waals surface area contributed by atoms with Gasteiger partial charge in [-0.2, -0.15) is 0 Å². The number of hydrogen-bond acceptors (Lipinski definition) is 3. The summed E-state index contributed by atoms with van der Waals surface area (Å²) in [5.74, 6) is 0.301. The average Bonchev–Trinajstić information content (AvgIpc) is 2.46. The number of hydrogen-bond donors (Lipinski definition) is 0. The van der Waals surface area contributed by atoms with Gasteiger partial charge in [-0.1, -0.05) is 12.1 Å². The Balaban J connectivity index is 2.68. The van der Waals surface area contributed by atoms with E-state index in [2.05, 4.69) is 4.99 Å². The molecule has 0 bridgehead atoms. The lowest BCUT2D eigenvalue weighted by Crippen LogP contribution is -1.67. The second kappa shape index (κ2) is 2.88. The van der Waals surface area contributed by atoms with Gasteiger partial charge in [-0.25, -0.2) is 4.79 Å². The smallest absolute Gasteiger partial charge is 0.243 e. The van der Waals surface area contributed by atoms with E-state index in [9.17, 15) is 4.79 Å². The molecule has 3 heteroatoms.